The number of pyridine rings is 1. The summed E-state index contributed by atoms with van der Waals surface area (Å²) in [5.74, 6) is -0.0709. The second-order valence-corrected chi connectivity index (χ2v) is 4.18. The molecule has 0 bridgehead atoms. The highest BCUT2D eigenvalue weighted by Gasteiger charge is 2.04. The molecule has 0 fully saturated rings. The van der Waals surface area contributed by atoms with Gasteiger partial charge in [-0.05, 0) is 31.0 Å². The van der Waals surface area contributed by atoms with Crippen LogP contribution in [-0.4, -0.2) is 17.4 Å². The van der Waals surface area contributed by atoms with Gasteiger partial charge in [-0.25, -0.2) is 0 Å². The molecule has 0 saturated heterocycles. The third kappa shape index (κ3) is 3.42. The predicted molar refractivity (Wildman–Crippen MR) is 71.5 cm³/mol. The number of hydrogen-bond donors (Lipinski definition) is 1. The zero-order chi connectivity index (χ0) is 12.8. The van der Waals surface area contributed by atoms with E-state index in [0.717, 1.165) is 12.1 Å². The summed E-state index contributed by atoms with van der Waals surface area (Å²) in [7, 11) is 0. The predicted octanol–water partition coefficient (Wildman–Crippen LogP) is 2.36. The van der Waals surface area contributed by atoms with Gasteiger partial charge in [0.15, 0.2) is 0 Å². The third-order valence-corrected chi connectivity index (χ3v) is 2.72. The molecule has 3 nitrogen and oxygen atoms in total. The summed E-state index contributed by atoms with van der Waals surface area (Å²) in [6.45, 7) is 2.54. The van der Waals surface area contributed by atoms with Crippen molar-refractivity contribution >= 4 is 5.91 Å². The van der Waals surface area contributed by atoms with Crippen molar-refractivity contribution in [2.24, 2.45) is 0 Å². The van der Waals surface area contributed by atoms with E-state index < -0.39 is 0 Å². The van der Waals surface area contributed by atoms with E-state index in [9.17, 15) is 4.79 Å². The molecule has 18 heavy (non-hydrogen) atoms. The molecule has 1 aromatic heterocycles. The Morgan fingerprint density at radius 1 is 1.17 bits per heavy atom. The molecule has 3 heteroatoms. The van der Waals surface area contributed by atoms with Gasteiger partial charge in [0.25, 0.3) is 5.91 Å². The summed E-state index contributed by atoms with van der Waals surface area (Å²) >= 11 is 0. The van der Waals surface area contributed by atoms with Crippen LogP contribution in [0.15, 0.2) is 48.7 Å². The summed E-state index contributed by atoms with van der Waals surface area (Å²) in [5.41, 5.74) is 2.74. The van der Waals surface area contributed by atoms with E-state index in [-0.39, 0.29) is 5.91 Å². The molecule has 1 amide bonds. The fourth-order valence-electron chi connectivity index (χ4n) is 1.67. The van der Waals surface area contributed by atoms with E-state index in [1.807, 2.05) is 31.2 Å². The number of nitrogens with one attached hydrogen (secondary N) is 1. The quantitative estimate of drug-likeness (QED) is 0.891. The molecular formula is C15H16N2O. The van der Waals surface area contributed by atoms with Crippen LogP contribution in [0, 0.1) is 6.92 Å². The topological polar surface area (TPSA) is 42.0 Å². The minimum atomic E-state index is -0.0709. The number of hydrogen-bond acceptors (Lipinski definition) is 2. The van der Waals surface area contributed by atoms with Crippen molar-refractivity contribution in [3.05, 3.63) is 65.5 Å². The molecule has 0 aliphatic rings. The molecule has 2 rings (SSSR count). The standard InChI is InChI=1S/C15H16N2O/c1-12-7-8-14(11-17-12)15(18)16-10-9-13-5-3-2-4-6-13/h2-8,11H,9-10H2,1H3,(H,16,18). The van der Waals surface area contributed by atoms with E-state index in [2.05, 4.69) is 22.4 Å². The van der Waals surface area contributed by atoms with Gasteiger partial charge >= 0.3 is 0 Å². The third-order valence-electron chi connectivity index (χ3n) is 2.72. The summed E-state index contributed by atoms with van der Waals surface area (Å²) < 4.78 is 0. The molecule has 1 aromatic carbocycles. The van der Waals surface area contributed by atoms with Gasteiger partial charge in [0.2, 0.25) is 0 Å². The van der Waals surface area contributed by atoms with E-state index in [0.29, 0.717) is 12.1 Å². The van der Waals surface area contributed by atoms with E-state index in [1.54, 1.807) is 12.3 Å². The molecule has 1 N–H and O–H groups in total. The Bertz CT molecular complexity index is 506. The van der Waals surface area contributed by atoms with Gasteiger partial charge in [0.1, 0.15) is 0 Å². The first-order valence-corrected chi connectivity index (χ1v) is 6.00. The monoisotopic (exact) mass is 240 g/mol. The van der Waals surface area contributed by atoms with Crippen LogP contribution < -0.4 is 5.32 Å². The SMILES string of the molecule is Cc1ccc(C(=O)NCCc2ccccc2)cn1. The average Bonchev–Trinajstić information content (AvgIpc) is 2.40. The second kappa shape index (κ2) is 5.96. The van der Waals surface area contributed by atoms with Crippen molar-refractivity contribution in [3.8, 4) is 0 Å². The smallest absolute Gasteiger partial charge is 0.252 e. The molecule has 0 spiro atoms. The maximum Gasteiger partial charge on any atom is 0.252 e. The number of benzene rings is 1. The number of aryl methyl sites for hydroxylation is 1. The van der Waals surface area contributed by atoms with Crippen LogP contribution in [0.25, 0.3) is 0 Å². The fraction of sp³-hybridized carbons (Fsp3) is 0.200. The van der Waals surface area contributed by atoms with Crippen LogP contribution in [0.5, 0.6) is 0 Å². The van der Waals surface area contributed by atoms with Gasteiger partial charge in [0, 0.05) is 18.4 Å². The molecule has 0 aliphatic carbocycles. The van der Waals surface area contributed by atoms with Crippen molar-refractivity contribution in [2.45, 2.75) is 13.3 Å². The summed E-state index contributed by atoms with van der Waals surface area (Å²) in [4.78, 5) is 15.9. The number of amides is 1. The normalized spacial score (nSPS) is 10.1. The van der Waals surface area contributed by atoms with Crippen LogP contribution >= 0.6 is 0 Å². The Morgan fingerprint density at radius 2 is 1.94 bits per heavy atom. The van der Waals surface area contributed by atoms with Gasteiger partial charge in [0.05, 0.1) is 5.56 Å². The van der Waals surface area contributed by atoms with Gasteiger partial charge in [-0.2, -0.15) is 0 Å². The second-order valence-electron chi connectivity index (χ2n) is 4.18. The molecule has 0 aliphatic heterocycles. The van der Waals surface area contributed by atoms with Gasteiger partial charge in [-0.15, -0.1) is 0 Å². The van der Waals surface area contributed by atoms with Crippen molar-refractivity contribution in [2.75, 3.05) is 6.54 Å². The van der Waals surface area contributed by atoms with Crippen LogP contribution in [-0.2, 0) is 6.42 Å². The molecule has 1 heterocycles. The van der Waals surface area contributed by atoms with E-state index in [1.165, 1.54) is 5.56 Å². The van der Waals surface area contributed by atoms with E-state index in [4.69, 9.17) is 0 Å². The van der Waals surface area contributed by atoms with Gasteiger partial charge in [-0.3, -0.25) is 9.78 Å². The average molecular weight is 240 g/mol. The first-order chi connectivity index (χ1) is 8.75. The number of nitrogens with zero attached hydrogens (tertiary/aromatic N) is 1. The molecule has 0 atom stereocenters. The Balaban J connectivity index is 1.84. The van der Waals surface area contributed by atoms with Crippen molar-refractivity contribution in [1.29, 1.82) is 0 Å². The van der Waals surface area contributed by atoms with Crippen LogP contribution in [0.2, 0.25) is 0 Å². The number of aromatic nitrogens is 1. The zero-order valence-corrected chi connectivity index (χ0v) is 10.4. The molecule has 2 aromatic rings. The van der Waals surface area contributed by atoms with E-state index >= 15 is 0 Å². The first kappa shape index (κ1) is 12.3. The lowest BCUT2D eigenvalue weighted by Gasteiger charge is -2.05. The largest absolute Gasteiger partial charge is 0.352 e. The number of carbonyl (C=O) groups excluding carboxylic acids is 1. The van der Waals surface area contributed by atoms with Crippen molar-refractivity contribution < 1.29 is 4.79 Å². The van der Waals surface area contributed by atoms with Gasteiger partial charge < -0.3 is 5.32 Å². The Labute approximate surface area is 107 Å². The summed E-state index contributed by atoms with van der Waals surface area (Å²) in [6.07, 6.45) is 2.44. The number of carbonyl (C=O) groups is 1. The molecule has 0 saturated carbocycles. The minimum absolute atomic E-state index is 0.0709. The Morgan fingerprint density at radius 3 is 2.61 bits per heavy atom. The van der Waals surface area contributed by atoms with Crippen LogP contribution in [0.4, 0.5) is 0 Å². The molecule has 0 unspecified atom stereocenters. The van der Waals surface area contributed by atoms with Crippen LogP contribution in [0.1, 0.15) is 21.6 Å². The van der Waals surface area contributed by atoms with Crippen LogP contribution in [0.3, 0.4) is 0 Å². The summed E-state index contributed by atoms with van der Waals surface area (Å²) in [6, 6.07) is 13.7. The fourth-order valence-corrected chi connectivity index (χ4v) is 1.67. The maximum absolute atomic E-state index is 11.8. The molecular weight excluding hydrogens is 224 g/mol. The summed E-state index contributed by atoms with van der Waals surface area (Å²) in [5, 5.41) is 2.89. The highest BCUT2D eigenvalue weighted by molar-refractivity contribution is 5.93. The molecule has 0 radical (unpaired) electrons. The minimum Gasteiger partial charge on any atom is -0.352 e. The lowest BCUT2D eigenvalue weighted by atomic mass is 10.1. The molecule has 92 valence electrons. The lowest BCUT2D eigenvalue weighted by molar-refractivity contribution is 0.0954. The lowest BCUT2D eigenvalue weighted by Crippen LogP contribution is -2.25. The van der Waals surface area contributed by atoms with Gasteiger partial charge in [-0.1, -0.05) is 30.3 Å². The highest BCUT2D eigenvalue weighted by Crippen LogP contribution is 2.01. The highest BCUT2D eigenvalue weighted by atomic mass is 16.1. The number of rotatable bonds is 4. The Hall–Kier alpha value is -2.16. The Kier molecular flexibility index (Phi) is 4.07. The first-order valence-electron chi connectivity index (χ1n) is 6.00. The van der Waals surface area contributed by atoms with Crippen molar-refractivity contribution in [1.82, 2.24) is 10.3 Å². The zero-order valence-electron chi connectivity index (χ0n) is 10.4. The van der Waals surface area contributed by atoms with Crippen molar-refractivity contribution in [3.63, 3.8) is 0 Å². The maximum atomic E-state index is 11.8.